The number of nitriles is 1. The number of ether oxygens (including phenoxy) is 1. The van der Waals surface area contributed by atoms with Gasteiger partial charge in [-0.1, -0.05) is 55.2 Å². The molecule has 0 aliphatic carbocycles. The molecule has 0 saturated carbocycles. The normalized spacial score (nSPS) is 13.1. The lowest BCUT2D eigenvalue weighted by molar-refractivity contribution is -0.138. The van der Waals surface area contributed by atoms with E-state index < -0.39 is 49.0 Å². The number of nitrogens with zero attached hydrogens (tertiary/aromatic N) is 5. The highest BCUT2D eigenvalue weighted by Gasteiger charge is 2.32. The number of aromatic amines is 1. The summed E-state index contributed by atoms with van der Waals surface area (Å²) in [5.74, 6) is -1.93. The maximum absolute atomic E-state index is 13.6. The van der Waals surface area contributed by atoms with Crippen molar-refractivity contribution < 1.29 is 28.3 Å². The molecule has 0 spiro atoms. The summed E-state index contributed by atoms with van der Waals surface area (Å²) in [6.45, 7) is 3.92. The summed E-state index contributed by atoms with van der Waals surface area (Å²) in [4.78, 5) is 50.7. The van der Waals surface area contributed by atoms with E-state index in [-0.39, 0.29) is 44.6 Å². The summed E-state index contributed by atoms with van der Waals surface area (Å²) in [5.41, 5.74) is -2.94. The van der Waals surface area contributed by atoms with Crippen LogP contribution in [0.5, 0.6) is 17.4 Å². The van der Waals surface area contributed by atoms with Gasteiger partial charge in [0, 0.05) is 11.6 Å². The van der Waals surface area contributed by atoms with Crippen LogP contribution in [0.2, 0.25) is 10.0 Å². The molecule has 0 saturated heterocycles. The van der Waals surface area contributed by atoms with Gasteiger partial charge >= 0.3 is 19.4 Å². The van der Waals surface area contributed by atoms with Gasteiger partial charge in [-0.15, -0.1) is 10.2 Å². The Bertz CT molecular complexity index is 2040. The zero-order valence-electron chi connectivity index (χ0n) is 24.1. The predicted molar refractivity (Wildman–Crippen MR) is 164 cm³/mol. The summed E-state index contributed by atoms with van der Waals surface area (Å²) in [6, 6.07) is 11.8. The second kappa shape index (κ2) is 14.1. The van der Waals surface area contributed by atoms with Gasteiger partial charge in [0.25, 0.3) is 11.1 Å². The minimum Gasteiger partial charge on any atom is -0.480 e. The Morgan fingerprint density at radius 3 is 2.35 bits per heavy atom. The number of para-hydroxylation sites is 1. The minimum atomic E-state index is -4.41. The number of rotatable bonds is 12. The fourth-order valence-corrected chi connectivity index (χ4v) is 5.72. The van der Waals surface area contributed by atoms with Crippen LogP contribution >= 0.6 is 30.9 Å². The number of carbonyl (C=O) groups is 1. The van der Waals surface area contributed by atoms with E-state index in [0.29, 0.717) is 4.68 Å². The third-order valence-corrected chi connectivity index (χ3v) is 8.18. The molecule has 4 rings (SSSR count). The highest BCUT2D eigenvalue weighted by atomic mass is 35.5. The van der Waals surface area contributed by atoms with Gasteiger partial charge in [-0.25, -0.2) is 9.36 Å². The standard InChI is InChI=1S/C27H24Cl2N7O9P/c1-14(2)18-11-22(44-23-19(28)9-16(10-20(23)29)36-27(41)31-24(37)21(12-30)32-36)33-35(25(18)38)13-43-46(42,34-15(3)26(39)40)45-17-7-5-4-6-8-17/h4-11,14-15H,13H2,1-3H3,(H,34,42)(H,39,40)(H,31,37,41). The molecule has 0 bridgehead atoms. The number of hydrogen-bond acceptors (Lipinski definition) is 11. The lowest BCUT2D eigenvalue weighted by atomic mass is 10.1. The number of aliphatic carboxylic acids is 1. The second-order valence-corrected chi connectivity index (χ2v) is 12.2. The van der Waals surface area contributed by atoms with Crippen molar-refractivity contribution in [2.75, 3.05) is 0 Å². The molecule has 4 aromatic rings. The molecule has 19 heteroatoms. The molecule has 2 atom stereocenters. The molecule has 0 amide bonds. The molecule has 0 aliphatic heterocycles. The van der Waals surface area contributed by atoms with Gasteiger partial charge in [0.15, 0.2) is 12.5 Å². The van der Waals surface area contributed by atoms with Crippen molar-refractivity contribution in [1.29, 1.82) is 5.26 Å². The molecule has 2 aromatic heterocycles. The van der Waals surface area contributed by atoms with Crippen molar-refractivity contribution in [1.82, 2.24) is 29.6 Å². The van der Waals surface area contributed by atoms with Crippen molar-refractivity contribution in [2.45, 2.75) is 39.5 Å². The number of H-pyrrole nitrogens is 1. The van der Waals surface area contributed by atoms with Crippen LogP contribution in [0, 0.1) is 11.3 Å². The van der Waals surface area contributed by atoms with E-state index in [4.69, 9.17) is 42.2 Å². The van der Waals surface area contributed by atoms with E-state index in [1.165, 1.54) is 37.3 Å². The zero-order chi connectivity index (χ0) is 33.8. The number of carboxylic acids is 1. The zero-order valence-corrected chi connectivity index (χ0v) is 26.5. The molecule has 3 N–H and O–H groups in total. The van der Waals surface area contributed by atoms with Crippen LogP contribution in [-0.4, -0.2) is 41.7 Å². The highest BCUT2D eigenvalue weighted by Crippen LogP contribution is 2.45. The topological polar surface area (TPSA) is 221 Å². The van der Waals surface area contributed by atoms with Gasteiger partial charge in [-0.3, -0.25) is 23.9 Å². The number of carboxylic acid groups (broad SMARTS) is 1. The lowest BCUT2D eigenvalue weighted by Gasteiger charge is -2.22. The largest absolute Gasteiger partial charge is 0.480 e. The fourth-order valence-electron chi connectivity index (χ4n) is 3.74. The first-order valence-electron chi connectivity index (χ1n) is 13.1. The van der Waals surface area contributed by atoms with E-state index >= 15 is 0 Å². The number of aromatic nitrogens is 5. The monoisotopic (exact) mass is 691 g/mol. The van der Waals surface area contributed by atoms with Crippen LogP contribution in [0.1, 0.15) is 37.9 Å². The summed E-state index contributed by atoms with van der Waals surface area (Å²) in [7, 11) is -4.41. The van der Waals surface area contributed by atoms with Crippen LogP contribution in [0.4, 0.5) is 0 Å². The van der Waals surface area contributed by atoms with Crippen LogP contribution in [0.3, 0.4) is 0 Å². The molecule has 2 heterocycles. The second-order valence-electron chi connectivity index (χ2n) is 9.72. The third kappa shape index (κ3) is 7.89. The van der Waals surface area contributed by atoms with Crippen LogP contribution in [0.15, 0.2) is 62.9 Å². The smallest absolute Gasteiger partial charge is 0.461 e. The van der Waals surface area contributed by atoms with Crippen molar-refractivity contribution in [3.63, 3.8) is 0 Å². The Hall–Kier alpha value is -4.78. The maximum atomic E-state index is 13.6. The summed E-state index contributed by atoms with van der Waals surface area (Å²) < 4.78 is 31.9. The Morgan fingerprint density at radius 2 is 1.76 bits per heavy atom. The van der Waals surface area contributed by atoms with Crippen molar-refractivity contribution in [3.8, 4) is 29.1 Å². The van der Waals surface area contributed by atoms with E-state index in [2.05, 4.69) is 15.3 Å². The van der Waals surface area contributed by atoms with Crippen molar-refractivity contribution >= 4 is 36.9 Å². The quantitative estimate of drug-likeness (QED) is 0.180. The molecular weight excluding hydrogens is 668 g/mol. The molecule has 46 heavy (non-hydrogen) atoms. The first kappa shape index (κ1) is 34.1. The summed E-state index contributed by atoms with van der Waals surface area (Å²) in [6.07, 6.45) is 0. The van der Waals surface area contributed by atoms with E-state index in [9.17, 15) is 28.8 Å². The molecular formula is C27H24Cl2N7O9P. The Morgan fingerprint density at radius 1 is 1.11 bits per heavy atom. The van der Waals surface area contributed by atoms with Gasteiger partial charge < -0.3 is 14.4 Å². The first-order chi connectivity index (χ1) is 21.7. The first-order valence-corrected chi connectivity index (χ1v) is 15.4. The number of hydrogen-bond donors (Lipinski definition) is 3. The number of benzene rings is 2. The van der Waals surface area contributed by atoms with Crippen LogP contribution < -0.4 is 31.2 Å². The van der Waals surface area contributed by atoms with Gasteiger partial charge in [-0.2, -0.15) is 19.7 Å². The maximum Gasteiger partial charge on any atom is 0.461 e. The van der Waals surface area contributed by atoms with Gasteiger partial charge in [0.05, 0.1) is 15.7 Å². The number of halogens is 2. The van der Waals surface area contributed by atoms with E-state index in [1.807, 2.05) is 4.98 Å². The van der Waals surface area contributed by atoms with E-state index in [0.717, 1.165) is 4.68 Å². The minimum absolute atomic E-state index is 0.00782. The van der Waals surface area contributed by atoms with Crippen molar-refractivity contribution in [3.05, 3.63) is 101 Å². The average Bonchev–Trinajstić information content (AvgIpc) is 2.99. The number of nitrogens with one attached hydrogen (secondary N) is 2. The fraction of sp³-hybridized carbons (Fsp3) is 0.222. The van der Waals surface area contributed by atoms with Gasteiger partial charge in [-0.05, 0) is 37.1 Å². The Kier molecular flexibility index (Phi) is 10.5. The summed E-state index contributed by atoms with van der Waals surface area (Å²) >= 11 is 12.8. The molecule has 0 fully saturated rings. The molecule has 2 aromatic carbocycles. The Labute approximate surface area is 269 Å². The van der Waals surface area contributed by atoms with Crippen molar-refractivity contribution in [2.24, 2.45) is 0 Å². The lowest BCUT2D eigenvalue weighted by Crippen LogP contribution is -2.34. The molecule has 16 nitrogen and oxygen atoms in total. The highest BCUT2D eigenvalue weighted by molar-refractivity contribution is 7.52. The molecule has 0 radical (unpaired) electrons. The SMILES string of the molecule is CC(NP(=O)(OCn1nc(Oc2c(Cl)cc(-n3nc(C#N)c(=O)[nH]c3=O)cc2Cl)cc(C(C)C)c1=O)Oc1ccccc1)C(=O)O. The Balaban J connectivity index is 1.69. The summed E-state index contributed by atoms with van der Waals surface area (Å²) in [5, 5.41) is 28.3. The average molecular weight is 692 g/mol. The molecule has 0 aliphatic rings. The van der Waals surface area contributed by atoms with E-state index in [1.54, 1.807) is 38.1 Å². The third-order valence-electron chi connectivity index (χ3n) is 6.01. The predicted octanol–water partition coefficient (Wildman–Crippen LogP) is 3.80. The molecule has 240 valence electrons. The molecule has 2 unspecified atom stereocenters. The van der Waals surface area contributed by atoms with Gasteiger partial charge in [0.2, 0.25) is 11.6 Å². The van der Waals surface area contributed by atoms with Gasteiger partial charge in [0.1, 0.15) is 17.9 Å². The van der Waals surface area contributed by atoms with Crippen LogP contribution in [0.25, 0.3) is 5.69 Å². The van der Waals surface area contributed by atoms with Crippen LogP contribution in [-0.2, 0) is 20.6 Å².